The lowest BCUT2D eigenvalue weighted by Gasteiger charge is -2.21. The summed E-state index contributed by atoms with van der Waals surface area (Å²) in [6.45, 7) is 5.33. The molecule has 0 saturated carbocycles. The molecule has 8 heteroatoms. The van der Waals surface area contributed by atoms with Crippen LogP contribution in [0.2, 0.25) is 0 Å². The van der Waals surface area contributed by atoms with Crippen LogP contribution < -0.4 is 9.62 Å². The van der Waals surface area contributed by atoms with Crippen LogP contribution in [0.4, 0.5) is 5.69 Å². The average Bonchev–Trinajstić information content (AvgIpc) is 2.46. The van der Waals surface area contributed by atoms with Crippen LogP contribution in [0.15, 0.2) is 29.2 Å². The first kappa shape index (κ1) is 18.4. The highest BCUT2D eigenvalue weighted by molar-refractivity contribution is 7.89. The molecule has 0 saturated heterocycles. The average molecular weight is 330 g/mol. The van der Waals surface area contributed by atoms with E-state index >= 15 is 0 Å². The first-order valence-electron chi connectivity index (χ1n) is 7.04. The summed E-state index contributed by atoms with van der Waals surface area (Å²) in [4.78, 5) is 12.6. The van der Waals surface area contributed by atoms with E-state index < -0.39 is 28.5 Å². The molecule has 3 N–H and O–H groups in total. The molecule has 22 heavy (non-hydrogen) atoms. The summed E-state index contributed by atoms with van der Waals surface area (Å²) in [5.74, 6) is -1.18. The van der Waals surface area contributed by atoms with Gasteiger partial charge in [0.2, 0.25) is 10.0 Å². The van der Waals surface area contributed by atoms with E-state index in [2.05, 4.69) is 9.62 Å². The zero-order chi connectivity index (χ0) is 16.8. The van der Waals surface area contributed by atoms with Crippen LogP contribution in [-0.2, 0) is 14.8 Å². The largest absolute Gasteiger partial charge is 0.481 e. The van der Waals surface area contributed by atoms with Gasteiger partial charge in [0.05, 0.1) is 17.4 Å². The van der Waals surface area contributed by atoms with E-state index in [1.165, 1.54) is 12.1 Å². The minimum absolute atomic E-state index is 0.0749. The van der Waals surface area contributed by atoms with Gasteiger partial charge < -0.3 is 15.1 Å². The number of hydrogen-bond acceptors (Lipinski definition) is 5. The molecule has 1 atom stereocenters. The van der Waals surface area contributed by atoms with Crippen molar-refractivity contribution in [2.24, 2.45) is 0 Å². The van der Waals surface area contributed by atoms with E-state index in [4.69, 9.17) is 5.11 Å². The van der Waals surface area contributed by atoms with Gasteiger partial charge in [0.25, 0.3) is 0 Å². The smallest absolute Gasteiger partial charge is 0.306 e. The van der Waals surface area contributed by atoms with Gasteiger partial charge in [-0.25, -0.2) is 13.1 Å². The Balaban J connectivity index is 2.75. The third kappa shape index (κ3) is 5.28. The second-order valence-electron chi connectivity index (χ2n) is 4.77. The lowest BCUT2D eigenvalue weighted by Crippen LogP contribution is -2.33. The summed E-state index contributed by atoms with van der Waals surface area (Å²) in [6, 6.07) is 6.41. The minimum atomic E-state index is -3.77. The van der Waals surface area contributed by atoms with Gasteiger partial charge in [0.15, 0.2) is 0 Å². The number of carboxylic acid groups (broad SMARTS) is 1. The van der Waals surface area contributed by atoms with Crippen LogP contribution in [0.5, 0.6) is 0 Å². The molecule has 0 fully saturated rings. The summed E-state index contributed by atoms with van der Waals surface area (Å²) >= 11 is 0. The summed E-state index contributed by atoms with van der Waals surface area (Å²) in [7, 11) is -3.77. The zero-order valence-electron chi connectivity index (χ0n) is 12.7. The Morgan fingerprint density at radius 2 is 1.77 bits per heavy atom. The van der Waals surface area contributed by atoms with Crippen LogP contribution in [-0.4, -0.2) is 50.3 Å². The maximum Gasteiger partial charge on any atom is 0.306 e. The lowest BCUT2D eigenvalue weighted by atomic mass is 10.3. The molecule has 1 unspecified atom stereocenters. The molecule has 0 amide bonds. The van der Waals surface area contributed by atoms with Crippen molar-refractivity contribution in [3.05, 3.63) is 24.3 Å². The van der Waals surface area contributed by atoms with Gasteiger partial charge in [-0.15, -0.1) is 0 Å². The van der Waals surface area contributed by atoms with Crippen LogP contribution in [0.1, 0.15) is 20.3 Å². The molecule has 0 bridgehead atoms. The quantitative estimate of drug-likeness (QED) is 0.613. The number of sulfonamides is 1. The van der Waals surface area contributed by atoms with E-state index in [1.807, 2.05) is 13.8 Å². The van der Waals surface area contributed by atoms with Gasteiger partial charge in [-0.2, -0.15) is 0 Å². The molecule has 0 aliphatic rings. The Morgan fingerprint density at radius 1 is 1.23 bits per heavy atom. The molecule has 0 aliphatic heterocycles. The van der Waals surface area contributed by atoms with E-state index in [-0.39, 0.29) is 11.4 Å². The van der Waals surface area contributed by atoms with Crippen molar-refractivity contribution < 1.29 is 23.4 Å². The summed E-state index contributed by atoms with van der Waals surface area (Å²) in [6.07, 6.45) is -1.77. The van der Waals surface area contributed by atoms with Crippen molar-refractivity contribution in [2.75, 3.05) is 24.5 Å². The van der Waals surface area contributed by atoms with Crippen LogP contribution >= 0.6 is 0 Å². The summed E-state index contributed by atoms with van der Waals surface area (Å²) in [5.41, 5.74) is 0.926. The maximum absolute atomic E-state index is 12.1. The van der Waals surface area contributed by atoms with E-state index in [0.717, 1.165) is 18.8 Å². The second-order valence-corrected chi connectivity index (χ2v) is 6.54. The summed E-state index contributed by atoms with van der Waals surface area (Å²) in [5, 5.41) is 17.9. The third-order valence-corrected chi connectivity index (χ3v) is 4.63. The molecule has 0 spiro atoms. The van der Waals surface area contributed by atoms with Crippen molar-refractivity contribution in [1.29, 1.82) is 0 Å². The van der Waals surface area contributed by atoms with Gasteiger partial charge in [0, 0.05) is 25.3 Å². The predicted molar refractivity (Wildman–Crippen MR) is 83.5 cm³/mol. The van der Waals surface area contributed by atoms with Crippen LogP contribution in [0, 0.1) is 0 Å². The Morgan fingerprint density at radius 3 is 2.23 bits per heavy atom. The Labute approximate surface area is 130 Å². The molecule has 1 aromatic carbocycles. The Bertz CT molecular complexity index is 582. The molecule has 7 nitrogen and oxygen atoms in total. The SMILES string of the molecule is CCN(CC)c1ccc(S(=O)(=O)NCC(O)CC(=O)O)cc1. The fraction of sp³-hybridized carbons (Fsp3) is 0.500. The second kappa shape index (κ2) is 8.11. The first-order chi connectivity index (χ1) is 10.3. The number of aliphatic hydroxyl groups excluding tert-OH is 1. The molecular formula is C14H22N2O5S. The molecule has 0 aromatic heterocycles. The fourth-order valence-corrected chi connectivity index (χ4v) is 3.06. The normalized spacial score (nSPS) is 12.9. The molecule has 1 rings (SSSR count). The number of aliphatic carboxylic acids is 1. The molecular weight excluding hydrogens is 308 g/mol. The van der Waals surface area contributed by atoms with E-state index in [9.17, 15) is 18.3 Å². The van der Waals surface area contributed by atoms with Gasteiger partial charge in [-0.05, 0) is 38.1 Å². The van der Waals surface area contributed by atoms with Gasteiger partial charge in [-0.1, -0.05) is 0 Å². The monoisotopic (exact) mass is 330 g/mol. The first-order valence-corrected chi connectivity index (χ1v) is 8.53. The van der Waals surface area contributed by atoms with Crippen molar-refractivity contribution in [3.63, 3.8) is 0 Å². The molecule has 1 aromatic rings. The van der Waals surface area contributed by atoms with Crippen LogP contribution in [0.25, 0.3) is 0 Å². The maximum atomic E-state index is 12.1. The zero-order valence-corrected chi connectivity index (χ0v) is 13.5. The van der Waals surface area contributed by atoms with Crippen molar-refractivity contribution in [2.45, 2.75) is 31.3 Å². The van der Waals surface area contributed by atoms with E-state index in [0.29, 0.717) is 0 Å². The van der Waals surface area contributed by atoms with Crippen molar-refractivity contribution in [1.82, 2.24) is 4.72 Å². The third-order valence-electron chi connectivity index (χ3n) is 3.19. The topological polar surface area (TPSA) is 107 Å². The number of nitrogens with zero attached hydrogens (tertiary/aromatic N) is 1. The molecule has 0 radical (unpaired) electrons. The number of rotatable bonds is 9. The Hall–Kier alpha value is -1.64. The molecule has 0 aliphatic carbocycles. The number of anilines is 1. The molecule has 0 heterocycles. The van der Waals surface area contributed by atoms with Crippen molar-refractivity contribution in [3.8, 4) is 0 Å². The standard InChI is InChI=1S/C14H22N2O5S/c1-3-16(4-2)11-5-7-13(8-6-11)22(20,21)15-10-12(17)9-14(18)19/h5-8,12,15,17H,3-4,9-10H2,1-2H3,(H,18,19). The Kier molecular flexibility index (Phi) is 6.79. The highest BCUT2D eigenvalue weighted by Gasteiger charge is 2.17. The van der Waals surface area contributed by atoms with Gasteiger partial charge >= 0.3 is 5.97 Å². The number of carbonyl (C=O) groups is 1. The molecule has 124 valence electrons. The highest BCUT2D eigenvalue weighted by Crippen LogP contribution is 2.17. The number of hydrogen-bond donors (Lipinski definition) is 3. The van der Waals surface area contributed by atoms with Crippen molar-refractivity contribution >= 4 is 21.7 Å². The predicted octanol–water partition coefficient (Wildman–Crippen LogP) is 0.647. The number of nitrogens with one attached hydrogen (secondary N) is 1. The highest BCUT2D eigenvalue weighted by atomic mass is 32.2. The number of carboxylic acids is 1. The number of benzene rings is 1. The number of aliphatic hydroxyl groups is 1. The summed E-state index contributed by atoms with van der Waals surface area (Å²) < 4.78 is 26.3. The minimum Gasteiger partial charge on any atom is -0.481 e. The van der Waals surface area contributed by atoms with Gasteiger partial charge in [0.1, 0.15) is 0 Å². The van der Waals surface area contributed by atoms with Crippen LogP contribution in [0.3, 0.4) is 0 Å². The fourth-order valence-electron chi connectivity index (χ4n) is 1.99. The lowest BCUT2D eigenvalue weighted by molar-refractivity contribution is -0.139. The van der Waals surface area contributed by atoms with E-state index in [1.54, 1.807) is 12.1 Å². The van der Waals surface area contributed by atoms with Gasteiger partial charge in [-0.3, -0.25) is 4.79 Å².